The monoisotopic (exact) mass is 209 g/mol. The number of nitrogens with one attached hydrogen (secondary N) is 1. The van der Waals surface area contributed by atoms with E-state index in [1.165, 1.54) is 12.8 Å². The van der Waals surface area contributed by atoms with Crippen LogP contribution in [0.4, 0.5) is 0 Å². The third-order valence-electron chi connectivity index (χ3n) is 2.85. The second kappa shape index (κ2) is 3.94. The van der Waals surface area contributed by atoms with Gasteiger partial charge < -0.3 is 15.0 Å². The molecule has 2 N–H and O–H groups in total. The molecule has 1 fully saturated rings. The molecule has 2 rings (SSSR count). The van der Waals surface area contributed by atoms with Crippen LogP contribution >= 0.6 is 0 Å². The van der Waals surface area contributed by atoms with Gasteiger partial charge in [-0.25, -0.2) is 4.98 Å². The largest absolute Gasteiger partial charge is 0.381 e. The molecule has 1 aliphatic carbocycles. The van der Waals surface area contributed by atoms with Gasteiger partial charge in [-0.05, 0) is 26.7 Å². The van der Waals surface area contributed by atoms with Crippen molar-refractivity contribution in [2.75, 3.05) is 6.54 Å². The van der Waals surface area contributed by atoms with Gasteiger partial charge in [-0.3, -0.25) is 0 Å². The summed E-state index contributed by atoms with van der Waals surface area (Å²) in [5.41, 5.74) is -0.873. The van der Waals surface area contributed by atoms with Crippen LogP contribution in [-0.2, 0) is 12.1 Å². The fourth-order valence-corrected chi connectivity index (χ4v) is 1.74. The predicted molar refractivity (Wildman–Crippen MR) is 58.5 cm³/mol. The predicted octanol–water partition coefficient (Wildman–Crippen LogP) is 0.862. The molecule has 1 aromatic heterocycles. The average Bonchev–Trinajstić information content (AvgIpc) is 2.90. The van der Waals surface area contributed by atoms with Crippen molar-refractivity contribution in [2.45, 2.75) is 44.9 Å². The summed E-state index contributed by atoms with van der Waals surface area (Å²) < 4.78 is 1.98. The van der Waals surface area contributed by atoms with Gasteiger partial charge in [0.15, 0.2) is 0 Å². The first-order valence-corrected chi connectivity index (χ1v) is 5.61. The zero-order chi connectivity index (χ0) is 10.9. The summed E-state index contributed by atoms with van der Waals surface area (Å²) in [5, 5.41) is 13.7. The van der Waals surface area contributed by atoms with E-state index < -0.39 is 5.60 Å². The van der Waals surface area contributed by atoms with E-state index in [1.54, 1.807) is 6.20 Å². The summed E-state index contributed by atoms with van der Waals surface area (Å²) in [4.78, 5) is 4.23. The summed E-state index contributed by atoms with van der Waals surface area (Å²) in [6.45, 7) is 5.29. The normalized spacial score (nSPS) is 20.2. The molecule has 0 spiro atoms. The van der Waals surface area contributed by atoms with E-state index in [2.05, 4.69) is 17.2 Å². The highest BCUT2D eigenvalue weighted by Gasteiger charge is 2.30. The minimum Gasteiger partial charge on any atom is -0.381 e. The van der Waals surface area contributed by atoms with Crippen LogP contribution in [0.5, 0.6) is 0 Å². The molecule has 1 aliphatic rings. The number of aromatic nitrogens is 2. The number of rotatable bonds is 5. The second-order valence-corrected chi connectivity index (χ2v) is 4.47. The van der Waals surface area contributed by atoms with Gasteiger partial charge in [0.1, 0.15) is 11.4 Å². The SMILES string of the molecule is CCn1ccnc1C(C)(O)CNC1CC1. The molecule has 4 nitrogen and oxygen atoms in total. The van der Waals surface area contributed by atoms with Crippen LogP contribution in [0.3, 0.4) is 0 Å². The Balaban J connectivity index is 2.04. The number of aryl methyl sites for hydroxylation is 1. The average molecular weight is 209 g/mol. The van der Waals surface area contributed by atoms with Gasteiger partial charge in [0.25, 0.3) is 0 Å². The zero-order valence-corrected chi connectivity index (χ0v) is 9.40. The van der Waals surface area contributed by atoms with Gasteiger partial charge >= 0.3 is 0 Å². The van der Waals surface area contributed by atoms with Crippen LogP contribution in [0.15, 0.2) is 12.4 Å². The summed E-state index contributed by atoms with van der Waals surface area (Å²) in [7, 11) is 0. The lowest BCUT2D eigenvalue weighted by atomic mass is 10.1. The number of imidazole rings is 1. The van der Waals surface area contributed by atoms with E-state index in [-0.39, 0.29) is 0 Å². The molecule has 1 heterocycles. The quantitative estimate of drug-likeness (QED) is 0.756. The number of hydrogen-bond donors (Lipinski definition) is 2. The topological polar surface area (TPSA) is 50.1 Å². The van der Waals surface area contributed by atoms with Crippen molar-refractivity contribution in [1.29, 1.82) is 0 Å². The first kappa shape index (κ1) is 10.6. The highest BCUT2D eigenvalue weighted by Crippen LogP contribution is 2.22. The van der Waals surface area contributed by atoms with Crippen LogP contribution in [0, 0.1) is 0 Å². The van der Waals surface area contributed by atoms with Crippen molar-refractivity contribution >= 4 is 0 Å². The molecular weight excluding hydrogens is 190 g/mol. The summed E-state index contributed by atoms with van der Waals surface area (Å²) in [6.07, 6.45) is 6.11. The minimum absolute atomic E-state index is 0.578. The van der Waals surface area contributed by atoms with Crippen LogP contribution < -0.4 is 5.32 Å². The van der Waals surface area contributed by atoms with Crippen molar-refractivity contribution in [2.24, 2.45) is 0 Å². The van der Waals surface area contributed by atoms with E-state index in [9.17, 15) is 5.11 Å². The third kappa shape index (κ3) is 2.38. The highest BCUT2D eigenvalue weighted by atomic mass is 16.3. The lowest BCUT2D eigenvalue weighted by molar-refractivity contribution is 0.0438. The van der Waals surface area contributed by atoms with Crippen LogP contribution in [-0.4, -0.2) is 27.2 Å². The first-order chi connectivity index (χ1) is 7.13. The van der Waals surface area contributed by atoms with Crippen molar-refractivity contribution in [3.63, 3.8) is 0 Å². The van der Waals surface area contributed by atoms with Crippen molar-refractivity contribution in [3.8, 4) is 0 Å². The minimum atomic E-state index is -0.873. The van der Waals surface area contributed by atoms with Gasteiger partial charge in [-0.15, -0.1) is 0 Å². The lowest BCUT2D eigenvalue weighted by Crippen LogP contribution is -2.38. The Bertz CT molecular complexity index is 328. The Kier molecular flexibility index (Phi) is 2.80. The smallest absolute Gasteiger partial charge is 0.141 e. The zero-order valence-electron chi connectivity index (χ0n) is 9.40. The van der Waals surface area contributed by atoms with E-state index in [0.717, 1.165) is 12.4 Å². The van der Waals surface area contributed by atoms with Crippen molar-refractivity contribution in [3.05, 3.63) is 18.2 Å². The molecule has 0 aliphatic heterocycles. The molecule has 1 atom stereocenters. The molecule has 0 saturated heterocycles. The Morgan fingerprint density at radius 3 is 3.00 bits per heavy atom. The number of hydrogen-bond acceptors (Lipinski definition) is 3. The molecule has 0 amide bonds. The van der Waals surface area contributed by atoms with Gasteiger partial charge in [0.05, 0.1) is 0 Å². The molecule has 1 unspecified atom stereocenters. The summed E-state index contributed by atoms with van der Waals surface area (Å²) >= 11 is 0. The maximum atomic E-state index is 10.3. The molecule has 4 heteroatoms. The molecule has 1 saturated carbocycles. The Labute approximate surface area is 90.3 Å². The first-order valence-electron chi connectivity index (χ1n) is 5.61. The van der Waals surface area contributed by atoms with Crippen molar-refractivity contribution in [1.82, 2.24) is 14.9 Å². The maximum Gasteiger partial charge on any atom is 0.141 e. The molecule has 0 bridgehead atoms. The van der Waals surface area contributed by atoms with Gasteiger partial charge in [0.2, 0.25) is 0 Å². The Hall–Kier alpha value is -0.870. The Morgan fingerprint density at radius 2 is 2.40 bits per heavy atom. The van der Waals surface area contributed by atoms with E-state index in [4.69, 9.17) is 0 Å². The lowest BCUT2D eigenvalue weighted by Gasteiger charge is -2.24. The fraction of sp³-hybridized carbons (Fsp3) is 0.727. The fourth-order valence-electron chi connectivity index (χ4n) is 1.74. The molecule has 84 valence electrons. The molecule has 0 aromatic carbocycles. The second-order valence-electron chi connectivity index (χ2n) is 4.47. The van der Waals surface area contributed by atoms with Crippen molar-refractivity contribution < 1.29 is 5.11 Å². The van der Waals surface area contributed by atoms with E-state index in [0.29, 0.717) is 12.6 Å². The van der Waals surface area contributed by atoms with Gasteiger partial charge in [0, 0.05) is 31.5 Å². The molecule has 15 heavy (non-hydrogen) atoms. The standard InChI is InChI=1S/C11H19N3O/c1-3-14-7-6-12-10(14)11(2,15)8-13-9-4-5-9/h6-7,9,13,15H,3-5,8H2,1-2H3. The van der Waals surface area contributed by atoms with Crippen LogP contribution in [0.1, 0.15) is 32.5 Å². The molecular formula is C11H19N3O. The third-order valence-corrected chi connectivity index (χ3v) is 2.85. The van der Waals surface area contributed by atoms with Gasteiger partial charge in [-0.2, -0.15) is 0 Å². The summed E-state index contributed by atoms with van der Waals surface area (Å²) in [6, 6.07) is 0.613. The number of aliphatic hydroxyl groups is 1. The van der Waals surface area contributed by atoms with E-state index >= 15 is 0 Å². The molecule has 1 aromatic rings. The van der Waals surface area contributed by atoms with Crippen LogP contribution in [0.25, 0.3) is 0 Å². The Morgan fingerprint density at radius 1 is 1.67 bits per heavy atom. The molecule has 0 radical (unpaired) electrons. The van der Waals surface area contributed by atoms with E-state index in [1.807, 2.05) is 17.7 Å². The van der Waals surface area contributed by atoms with Crippen LogP contribution in [0.2, 0.25) is 0 Å². The van der Waals surface area contributed by atoms with Gasteiger partial charge in [-0.1, -0.05) is 0 Å². The number of nitrogens with zero attached hydrogens (tertiary/aromatic N) is 2. The summed E-state index contributed by atoms with van der Waals surface area (Å²) in [5.74, 6) is 0.748. The maximum absolute atomic E-state index is 10.3. The highest BCUT2D eigenvalue weighted by molar-refractivity contribution is 5.05.